The van der Waals surface area contributed by atoms with E-state index in [9.17, 15) is 4.79 Å². The fourth-order valence-corrected chi connectivity index (χ4v) is 4.46. The summed E-state index contributed by atoms with van der Waals surface area (Å²) < 4.78 is 0. The summed E-state index contributed by atoms with van der Waals surface area (Å²) in [5.41, 5.74) is 0. The van der Waals surface area contributed by atoms with Gasteiger partial charge in [-0.2, -0.15) is 0 Å². The molecule has 0 spiro atoms. The lowest BCUT2D eigenvalue weighted by atomic mass is 10.1. The minimum atomic E-state index is 0.306. The first kappa shape index (κ1) is 23.9. The molecule has 0 unspecified atom stereocenters. The summed E-state index contributed by atoms with van der Waals surface area (Å²) in [7, 11) is 1.86. The fourth-order valence-electron chi connectivity index (χ4n) is 4.46. The molecule has 7 nitrogen and oxygen atoms in total. The molecule has 2 rings (SSSR count). The maximum absolute atomic E-state index is 12.5. The Labute approximate surface area is 178 Å². The van der Waals surface area contributed by atoms with Crippen molar-refractivity contribution in [1.82, 2.24) is 24.9 Å². The third-order valence-electron chi connectivity index (χ3n) is 6.15. The van der Waals surface area contributed by atoms with Gasteiger partial charge < -0.3 is 15.1 Å². The van der Waals surface area contributed by atoms with Gasteiger partial charge in [-0.3, -0.25) is 19.6 Å². The number of likely N-dealkylation sites (tertiary alicyclic amines) is 1. The Bertz CT molecular complexity index is 499. The minimum absolute atomic E-state index is 0.306. The molecule has 0 saturated carbocycles. The highest BCUT2D eigenvalue weighted by Crippen LogP contribution is 2.10. The number of nitrogens with zero attached hydrogens (tertiary/aromatic N) is 5. The van der Waals surface area contributed by atoms with Crippen molar-refractivity contribution in [3.63, 3.8) is 0 Å². The van der Waals surface area contributed by atoms with Crippen LogP contribution in [-0.2, 0) is 4.79 Å². The van der Waals surface area contributed by atoms with Crippen molar-refractivity contribution >= 4 is 11.9 Å². The number of carbonyl (C=O) groups excluding carboxylic acids is 1. The van der Waals surface area contributed by atoms with Crippen molar-refractivity contribution < 1.29 is 4.79 Å². The lowest BCUT2D eigenvalue weighted by Crippen LogP contribution is -2.54. The zero-order valence-electron chi connectivity index (χ0n) is 19.5. The van der Waals surface area contributed by atoms with Crippen molar-refractivity contribution in [3.8, 4) is 0 Å². The van der Waals surface area contributed by atoms with E-state index in [1.54, 1.807) is 0 Å². The van der Waals surface area contributed by atoms with Gasteiger partial charge >= 0.3 is 0 Å². The second-order valence-corrected chi connectivity index (χ2v) is 8.96. The summed E-state index contributed by atoms with van der Waals surface area (Å²) in [4.78, 5) is 26.2. The Balaban J connectivity index is 1.68. The van der Waals surface area contributed by atoms with E-state index in [4.69, 9.17) is 0 Å². The van der Waals surface area contributed by atoms with Crippen LogP contribution in [-0.4, -0.2) is 110 Å². The molecule has 0 bridgehead atoms. The molecule has 7 heteroatoms. The average molecular weight is 409 g/mol. The number of carbonyl (C=O) groups is 1. The first-order valence-corrected chi connectivity index (χ1v) is 11.6. The molecule has 2 heterocycles. The van der Waals surface area contributed by atoms with Crippen LogP contribution < -0.4 is 5.32 Å². The quantitative estimate of drug-likeness (QED) is 0.376. The Morgan fingerprint density at radius 3 is 2.10 bits per heavy atom. The minimum Gasteiger partial charge on any atom is -0.356 e. The van der Waals surface area contributed by atoms with E-state index >= 15 is 0 Å². The molecule has 29 heavy (non-hydrogen) atoms. The Hall–Kier alpha value is -1.34. The second kappa shape index (κ2) is 12.4. The van der Waals surface area contributed by atoms with Gasteiger partial charge in [0.2, 0.25) is 5.91 Å². The molecule has 2 aliphatic rings. The number of rotatable bonds is 8. The molecule has 2 aliphatic heterocycles. The van der Waals surface area contributed by atoms with E-state index in [2.05, 4.69) is 52.7 Å². The van der Waals surface area contributed by atoms with Crippen LogP contribution in [0.4, 0.5) is 0 Å². The zero-order chi connectivity index (χ0) is 21.2. The van der Waals surface area contributed by atoms with Gasteiger partial charge in [-0.15, -0.1) is 0 Å². The van der Waals surface area contributed by atoms with Gasteiger partial charge in [0.1, 0.15) is 0 Å². The number of amides is 1. The summed E-state index contributed by atoms with van der Waals surface area (Å²) in [6.07, 6.45) is 4.70. The van der Waals surface area contributed by atoms with Crippen molar-refractivity contribution in [2.75, 3.05) is 66.0 Å². The van der Waals surface area contributed by atoms with Gasteiger partial charge in [0.15, 0.2) is 5.96 Å². The van der Waals surface area contributed by atoms with Crippen LogP contribution in [0.25, 0.3) is 0 Å². The number of hydrogen-bond donors (Lipinski definition) is 1. The van der Waals surface area contributed by atoms with Crippen LogP contribution in [0.1, 0.15) is 53.4 Å². The van der Waals surface area contributed by atoms with Gasteiger partial charge in [0, 0.05) is 71.5 Å². The van der Waals surface area contributed by atoms with Crippen molar-refractivity contribution in [1.29, 1.82) is 0 Å². The highest BCUT2D eigenvalue weighted by Gasteiger charge is 2.24. The standard InChI is InChI=1S/C22H44N6O/c1-19(2)28(20(3)4)13-9-10-24-22(23-5)27-16-14-25(15-17-27)18-21(29)26-11-7-6-8-12-26/h19-20H,6-18H2,1-5H3,(H,23,24). The maximum Gasteiger partial charge on any atom is 0.236 e. The fraction of sp³-hybridized carbons (Fsp3) is 0.909. The summed E-state index contributed by atoms with van der Waals surface area (Å²) in [6.45, 7) is 17.3. The summed E-state index contributed by atoms with van der Waals surface area (Å²) in [5, 5.41) is 3.54. The highest BCUT2D eigenvalue weighted by molar-refractivity contribution is 5.80. The Morgan fingerprint density at radius 1 is 0.931 bits per heavy atom. The Kier molecular flexibility index (Phi) is 10.2. The summed E-state index contributed by atoms with van der Waals surface area (Å²) in [6, 6.07) is 1.16. The topological polar surface area (TPSA) is 54.4 Å². The van der Waals surface area contributed by atoms with Gasteiger partial charge in [0.25, 0.3) is 0 Å². The summed E-state index contributed by atoms with van der Waals surface area (Å²) >= 11 is 0. The molecule has 0 atom stereocenters. The number of piperidine rings is 1. The number of aliphatic imine (C=N–C) groups is 1. The van der Waals surface area contributed by atoms with Crippen LogP contribution in [0.5, 0.6) is 0 Å². The molecular weight excluding hydrogens is 364 g/mol. The highest BCUT2D eigenvalue weighted by atomic mass is 16.2. The molecule has 2 fully saturated rings. The van der Waals surface area contributed by atoms with E-state index in [-0.39, 0.29) is 0 Å². The molecular formula is C22H44N6O. The number of nitrogens with one attached hydrogen (secondary N) is 1. The first-order chi connectivity index (χ1) is 13.9. The number of hydrogen-bond acceptors (Lipinski definition) is 4. The molecule has 0 aromatic carbocycles. The molecule has 0 aromatic rings. The zero-order valence-corrected chi connectivity index (χ0v) is 19.5. The van der Waals surface area contributed by atoms with E-state index in [0.29, 0.717) is 24.5 Å². The molecule has 0 radical (unpaired) electrons. The summed E-state index contributed by atoms with van der Waals surface area (Å²) in [5.74, 6) is 1.30. The smallest absolute Gasteiger partial charge is 0.236 e. The molecule has 1 N–H and O–H groups in total. The van der Waals surface area contributed by atoms with Crippen LogP contribution in [0.2, 0.25) is 0 Å². The van der Waals surface area contributed by atoms with E-state index in [1.165, 1.54) is 6.42 Å². The van der Waals surface area contributed by atoms with Crippen molar-refractivity contribution in [3.05, 3.63) is 0 Å². The van der Waals surface area contributed by atoms with E-state index in [1.807, 2.05) is 11.9 Å². The third-order valence-corrected chi connectivity index (χ3v) is 6.15. The molecule has 0 aliphatic carbocycles. The molecule has 168 valence electrons. The predicted molar refractivity (Wildman–Crippen MR) is 121 cm³/mol. The van der Waals surface area contributed by atoms with E-state index in [0.717, 1.165) is 77.6 Å². The Morgan fingerprint density at radius 2 is 1.55 bits per heavy atom. The van der Waals surface area contributed by atoms with Crippen molar-refractivity contribution in [2.45, 2.75) is 65.5 Å². The third kappa shape index (κ3) is 7.78. The SMILES string of the molecule is CN=C(NCCCN(C(C)C)C(C)C)N1CCN(CC(=O)N2CCCCC2)CC1. The molecule has 2 saturated heterocycles. The van der Waals surface area contributed by atoms with Crippen LogP contribution >= 0.6 is 0 Å². The van der Waals surface area contributed by atoms with Gasteiger partial charge in [-0.1, -0.05) is 0 Å². The predicted octanol–water partition coefficient (Wildman–Crippen LogP) is 1.70. The number of guanidine groups is 1. The second-order valence-electron chi connectivity index (χ2n) is 8.96. The normalized spacial score (nSPS) is 19.5. The largest absolute Gasteiger partial charge is 0.356 e. The lowest BCUT2D eigenvalue weighted by Gasteiger charge is -2.37. The lowest BCUT2D eigenvalue weighted by molar-refractivity contribution is -0.133. The van der Waals surface area contributed by atoms with Gasteiger partial charge in [-0.05, 0) is 53.4 Å². The number of piperazine rings is 1. The first-order valence-electron chi connectivity index (χ1n) is 11.6. The van der Waals surface area contributed by atoms with Crippen LogP contribution in [0.3, 0.4) is 0 Å². The molecule has 0 aromatic heterocycles. The average Bonchev–Trinajstić information content (AvgIpc) is 2.71. The maximum atomic E-state index is 12.5. The van der Waals surface area contributed by atoms with Gasteiger partial charge in [0.05, 0.1) is 6.54 Å². The van der Waals surface area contributed by atoms with E-state index < -0.39 is 0 Å². The van der Waals surface area contributed by atoms with Crippen LogP contribution in [0.15, 0.2) is 4.99 Å². The van der Waals surface area contributed by atoms with Gasteiger partial charge in [-0.25, -0.2) is 0 Å². The monoisotopic (exact) mass is 408 g/mol. The van der Waals surface area contributed by atoms with Crippen LogP contribution in [0, 0.1) is 0 Å². The van der Waals surface area contributed by atoms with Crippen molar-refractivity contribution in [2.24, 2.45) is 4.99 Å². The molecule has 1 amide bonds.